The molecule has 2 heterocycles. The van der Waals surface area contributed by atoms with Crippen molar-refractivity contribution in [3.63, 3.8) is 0 Å². The zero-order chi connectivity index (χ0) is 17.6. The van der Waals surface area contributed by atoms with Gasteiger partial charge in [0.05, 0.1) is 13.2 Å². The van der Waals surface area contributed by atoms with Gasteiger partial charge in [-0.05, 0) is 73.1 Å². The fourth-order valence-corrected chi connectivity index (χ4v) is 4.78. The minimum Gasteiger partial charge on any atom is -0.493 e. The molecule has 3 aliphatic rings. The number of ether oxygens (including phenoxy) is 2. The third-order valence-electron chi connectivity index (χ3n) is 5.95. The molecule has 0 bridgehead atoms. The van der Waals surface area contributed by atoms with Crippen LogP contribution in [0.1, 0.15) is 70.0 Å². The molecule has 25 heavy (non-hydrogen) atoms. The first-order valence-corrected chi connectivity index (χ1v) is 10.0. The van der Waals surface area contributed by atoms with E-state index in [2.05, 4.69) is 37.8 Å². The summed E-state index contributed by atoms with van der Waals surface area (Å²) in [6.45, 7) is 9.56. The highest BCUT2D eigenvalue weighted by Crippen LogP contribution is 2.45. The van der Waals surface area contributed by atoms with E-state index in [0.717, 1.165) is 23.8 Å². The molecule has 1 aliphatic carbocycles. The van der Waals surface area contributed by atoms with Gasteiger partial charge in [-0.15, -0.1) is 0 Å². The van der Waals surface area contributed by atoms with E-state index in [1.54, 1.807) is 7.11 Å². The predicted molar refractivity (Wildman–Crippen MR) is 101 cm³/mol. The van der Waals surface area contributed by atoms with E-state index in [1.807, 2.05) is 0 Å². The number of methoxy groups -OCH3 is 1. The van der Waals surface area contributed by atoms with Crippen LogP contribution in [0, 0.1) is 11.3 Å². The average Bonchev–Trinajstić information content (AvgIpc) is 3.36. The van der Waals surface area contributed by atoms with Crippen molar-refractivity contribution < 1.29 is 9.47 Å². The second-order valence-electron chi connectivity index (χ2n) is 9.49. The number of piperidine rings is 1. The van der Waals surface area contributed by atoms with Gasteiger partial charge >= 0.3 is 0 Å². The van der Waals surface area contributed by atoms with E-state index in [0.29, 0.717) is 17.6 Å². The van der Waals surface area contributed by atoms with Gasteiger partial charge in [0, 0.05) is 19.1 Å². The molecule has 1 aromatic rings. The van der Waals surface area contributed by atoms with Crippen molar-refractivity contribution in [1.29, 1.82) is 0 Å². The van der Waals surface area contributed by atoms with E-state index in [1.165, 1.54) is 56.3 Å². The molecule has 138 valence electrons. The molecule has 2 unspecified atom stereocenters. The van der Waals surface area contributed by atoms with E-state index in [-0.39, 0.29) is 0 Å². The molecular weight excluding hydrogens is 310 g/mol. The molecule has 1 saturated heterocycles. The Labute approximate surface area is 152 Å². The largest absolute Gasteiger partial charge is 0.493 e. The van der Waals surface area contributed by atoms with Crippen LogP contribution in [-0.4, -0.2) is 31.2 Å². The van der Waals surface area contributed by atoms with Crippen molar-refractivity contribution in [2.75, 3.05) is 20.2 Å². The molecule has 0 spiro atoms. The van der Waals surface area contributed by atoms with Crippen LogP contribution in [0.5, 0.6) is 11.5 Å². The van der Waals surface area contributed by atoms with Crippen molar-refractivity contribution >= 4 is 0 Å². The number of hydrogen-bond acceptors (Lipinski definition) is 3. The van der Waals surface area contributed by atoms with Crippen molar-refractivity contribution in [3.05, 3.63) is 23.3 Å². The molecule has 1 saturated carbocycles. The van der Waals surface area contributed by atoms with Crippen molar-refractivity contribution in [1.82, 2.24) is 4.90 Å². The fourth-order valence-electron chi connectivity index (χ4n) is 4.78. The molecule has 0 N–H and O–H groups in total. The molecule has 0 aromatic heterocycles. The Kier molecular flexibility index (Phi) is 4.47. The van der Waals surface area contributed by atoms with E-state index < -0.39 is 0 Å². The van der Waals surface area contributed by atoms with Gasteiger partial charge in [-0.2, -0.15) is 0 Å². The van der Waals surface area contributed by atoms with Crippen LogP contribution in [-0.2, 0) is 6.42 Å². The summed E-state index contributed by atoms with van der Waals surface area (Å²) >= 11 is 0. The van der Waals surface area contributed by atoms with Gasteiger partial charge in [0.25, 0.3) is 0 Å². The van der Waals surface area contributed by atoms with E-state index in [4.69, 9.17) is 9.47 Å². The van der Waals surface area contributed by atoms with Gasteiger partial charge in [0.15, 0.2) is 11.5 Å². The predicted octanol–water partition coefficient (Wildman–Crippen LogP) is 4.98. The molecule has 3 nitrogen and oxygen atoms in total. The second kappa shape index (κ2) is 6.50. The fraction of sp³-hybridized carbons (Fsp3) is 0.727. The summed E-state index contributed by atoms with van der Waals surface area (Å²) in [5.41, 5.74) is 3.40. The molecule has 2 atom stereocenters. The summed E-state index contributed by atoms with van der Waals surface area (Å²) in [6, 6.07) is 5.11. The van der Waals surface area contributed by atoms with E-state index >= 15 is 0 Å². The topological polar surface area (TPSA) is 21.7 Å². The van der Waals surface area contributed by atoms with Crippen LogP contribution in [0.25, 0.3) is 0 Å². The molecule has 3 heteroatoms. The Morgan fingerprint density at radius 2 is 1.88 bits per heavy atom. The Hall–Kier alpha value is -1.22. The molecule has 4 rings (SSSR count). The molecule has 2 aliphatic heterocycles. The number of nitrogens with zero attached hydrogens (tertiary/aromatic N) is 1. The summed E-state index contributed by atoms with van der Waals surface area (Å²) in [4.78, 5) is 2.73. The standard InChI is InChI=1S/C22H33NO2/c1-22(2,3)13-15-5-8-19-18-12-20(24-4)21(25-17-6-7-17)11-16(18)9-10-23(19)14-15/h11-12,15,17,19H,5-10,13-14H2,1-4H3. The summed E-state index contributed by atoms with van der Waals surface area (Å²) in [5.74, 6) is 2.72. The maximum absolute atomic E-state index is 6.08. The smallest absolute Gasteiger partial charge is 0.161 e. The zero-order valence-electron chi connectivity index (χ0n) is 16.3. The van der Waals surface area contributed by atoms with Gasteiger partial charge in [-0.25, -0.2) is 0 Å². The zero-order valence-corrected chi connectivity index (χ0v) is 16.3. The van der Waals surface area contributed by atoms with Crippen LogP contribution in [0.15, 0.2) is 12.1 Å². The lowest BCUT2D eigenvalue weighted by Gasteiger charge is -2.45. The monoisotopic (exact) mass is 343 g/mol. The first-order valence-electron chi connectivity index (χ1n) is 10.0. The summed E-state index contributed by atoms with van der Waals surface area (Å²) in [6.07, 6.45) is 7.89. The molecule has 0 radical (unpaired) electrons. The lowest BCUT2D eigenvalue weighted by molar-refractivity contribution is 0.0793. The number of benzene rings is 1. The molecule has 2 fully saturated rings. The number of hydrogen-bond donors (Lipinski definition) is 0. The van der Waals surface area contributed by atoms with Crippen LogP contribution in [0.2, 0.25) is 0 Å². The van der Waals surface area contributed by atoms with Crippen LogP contribution >= 0.6 is 0 Å². The summed E-state index contributed by atoms with van der Waals surface area (Å²) in [7, 11) is 1.77. The minimum atomic E-state index is 0.417. The third-order valence-corrected chi connectivity index (χ3v) is 5.95. The van der Waals surface area contributed by atoms with Gasteiger partial charge in [-0.3, -0.25) is 4.90 Å². The first-order chi connectivity index (χ1) is 11.9. The highest BCUT2D eigenvalue weighted by Gasteiger charge is 2.35. The number of fused-ring (bicyclic) bond motifs is 3. The van der Waals surface area contributed by atoms with Crippen LogP contribution in [0.4, 0.5) is 0 Å². The quantitative estimate of drug-likeness (QED) is 0.769. The maximum Gasteiger partial charge on any atom is 0.161 e. The lowest BCUT2D eigenvalue weighted by atomic mass is 9.77. The Morgan fingerprint density at radius 3 is 2.56 bits per heavy atom. The Balaban J connectivity index is 1.53. The second-order valence-corrected chi connectivity index (χ2v) is 9.49. The highest BCUT2D eigenvalue weighted by atomic mass is 16.5. The minimum absolute atomic E-state index is 0.417. The summed E-state index contributed by atoms with van der Waals surface area (Å²) < 4.78 is 11.7. The molecular formula is C22H33NO2. The van der Waals surface area contributed by atoms with Crippen LogP contribution in [0.3, 0.4) is 0 Å². The van der Waals surface area contributed by atoms with E-state index in [9.17, 15) is 0 Å². The normalized spacial score (nSPS) is 26.7. The van der Waals surface area contributed by atoms with Gasteiger partial charge in [0.1, 0.15) is 0 Å². The van der Waals surface area contributed by atoms with Gasteiger partial charge in [-0.1, -0.05) is 20.8 Å². The maximum atomic E-state index is 6.08. The third kappa shape index (κ3) is 3.81. The van der Waals surface area contributed by atoms with Gasteiger partial charge < -0.3 is 9.47 Å². The van der Waals surface area contributed by atoms with Crippen molar-refractivity contribution in [2.45, 2.75) is 71.4 Å². The SMILES string of the molecule is COc1cc2c(cc1OC1CC1)CCN1CC(CC(C)(C)C)CCC21. The summed E-state index contributed by atoms with van der Waals surface area (Å²) in [5, 5.41) is 0. The van der Waals surface area contributed by atoms with Gasteiger partial charge in [0.2, 0.25) is 0 Å². The highest BCUT2D eigenvalue weighted by molar-refractivity contribution is 5.50. The first kappa shape index (κ1) is 17.2. The Bertz CT molecular complexity index is 630. The van der Waals surface area contributed by atoms with Crippen LogP contribution < -0.4 is 9.47 Å². The molecule has 0 amide bonds. The molecule has 1 aromatic carbocycles. The number of rotatable bonds is 4. The lowest BCUT2D eigenvalue weighted by Crippen LogP contribution is -2.43. The Morgan fingerprint density at radius 1 is 1.08 bits per heavy atom. The van der Waals surface area contributed by atoms with Crippen molar-refractivity contribution in [3.8, 4) is 11.5 Å². The van der Waals surface area contributed by atoms with Crippen molar-refractivity contribution in [2.24, 2.45) is 11.3 Å². The average molecular weight is 344 g/mol.